The van der Waals surface area contributed by atoms with Crippen molar-refractivity contribution in [3.63, 3.8) is 0 Å². The summed E-state index contributed by atoms with van der Waals surface area (Å²) in [7, 11) is 1.53. The van der Waals surface area contributed by atoms with Gasteiger partial charge in [0.05, 0.1) is 12.0 Å². The number of ether oxygens (including phenoxy) is 2. The second-order valence-corrected chi connectivity index (χ2v) is 6.24. The predicted octanol–water partition coefficient (Wildman–Crippen LogP) is 3.55. The van der Waals surface area contributed by atoms with E-state index < -0.39 is 0 Å². The molecule has 5 nitrogen and oxygen atoms in total. The number of halogens is 1. The average molecular weight is 358 g/mol. The molecule has 1 amide bonds. The van der Waals surface area contributed by atoms with Gasteiger partial charge in [-0.3, -0.25) is 10.2 Å². The number of thioether (sulfide) groups is 1. The number of amides is 1. The molecule has 2 aromatic carbocycles. The highest BCUT2D eigenvalue weighted by molar-refractivity contribution is 8.18. The van der Waals surface area contributed by atoms with Crippen LogP contribution in [0.3, 0.4) is 0 Å². The van der Waals surface area contributed by atoms with Gasteiger partial charge in [0.15, 0.2) is 16.7 Å². The van der Waals surface area contributed by atoms with E-state index in [-0.39, 0.29) is 23.5 Å². The molecule has 0 bridgehead atoms. The van der Waals surface area contributed by atoms with Gasteiger partial charge in [-0.25, -0.2) is 4.39 Å². The van der Waals surface area contributed by atoms with Gasteiger partial charge < -0.3 is 14.8 Å². The van der Waals surface area contributed by atoms with Crippen LogP contribution >= 0.6 is 11.8 Å². The highest BCUT2D eigenvalue weighted by atomic mass is 32.2. The number of nitrogens with one attached hydrogen (secondary N) is 2. The van der Waals surface area contributed by atoms with Crippen LogP contribution in [0.4, 0.5) is 4.39 Å². The van der Waals surface area contributed by atoms with E-state index in [2.05, 4.69) is 5.32 Å². The molecule has 0 spiro atoms. The maximum atomic E-state index is 13.0. The number of hydrogen-bond donors (Lipinski definition) is 2. The van der Waals surface area contributed by atoms with Gasteiger partial charge in [-0.1, -0.05) is 24.3 Å². The molecule has 2 aromatic rings. The summed E-state index contributed by atoms with van der Waals surface area (Å²) in [6.45, 7) is 0.228. The summed E-state index contributed by atoms with van der Waals surface area (Å²) in [5.74, 6) is 0.379. The van der Waals surface area contributed by atoms with E-state index in [0.717, 1.165) is 17.3 Å². The van der Waals surface area contributed by atoms with Gasteiger partial charge in [-0.05, 0) is 41.6 Å². The number of carbonyl (C=O) groups is 1. The quantitative estimate of drug-likeness (QED) is 0.802. The molecule has 1 aliphatic rings. The molecule has 0 aliphatic carbocycles. The molecule has 1 aliphatic heterocycles. The number of para-hydroxylation sites is 1. The summed E-state index contributed by atoms with van der Waals surface area (Å²) >= 11 is 1.05. The number of amidine groups is 1. The second-order valence-electron chi connectivity index (χ2n) is 5.19. The maximum Gasteiger partial charge on any atom is 0.264 e. The molecule has 1 saturated heterocycles. The van der Waals surface area contributed by atoms with Crippen molar-refractivity contribution in [3.05, 3.63) is 64.3 Å². The topological polar surface area (TPSA) is 71.4 Å². The van der Waals surface area contributed by atoms with Crippen molar-refractivity contribution in [2.45, 2.75) is 6.61 Å². The lowest BCUT2D eigenvalue weighted by molar-refractivity contribution is -0.115. The lowest BCUT2D eigenvalue weighted by atomic mass is 10.1. The largest absolute Gasteiger partial charge is 0.493 e. The zero-order valence-corrected chi connectivity index (χ0v) is 14.2. The monoisotopic (exact) mass is 358 g/mol. The van der Waals surface area contributed by atoms with Crippen LogP contribution in [-0.4, -0.2) is 18.2 Å². The van der Waals surface area contributed by atoms with E-state index >= 15 is 0 Å². The van der Waals surface area contributed by atoms with Gasteiger partial charge in [-0.15, -0.1) is 0 Å². The minimum absolute atomic E-state index is 0.0907. The van der Waals surface area contributed by atoms with Crippen LogP contribution in [-0.2, 0) is 11.4 Å². The number of rotatable bonds is 5. The van der Waals surface area contributed by atoms with E-state index in [1.807, 2.05) is 0 Å². The first-order valence-corrected chi connectivity index (χ1v) is 8.22. The molecular formula is C18H15FN2O3S. The summed E-state index contributed by atoms with van der Waals surface area (Å²) in [5, 5.41) is 10.0. The molecule has 25 heavy (non-hydrogen) atoms. The molecule has 0 aromatic heterocycles. The first-order valence-electron chi connectivity index (χ1n) is 7.40. The fourth-order valence-corrected chi connectivity index (χ4v) is 2.97. The fraction of sp³-hybridized carbons (Fsp3) is 0.111. The maximum absolute atomic E-state index is 13.0. The van der Waals surface area contributed by atoms with E-state index in [1.165, 1.54) is 19.2 Å². The van der Waals surface area contributed by atoms with Crippen molar-refractivity contribution < 1.29 is 18.7 Å². The zero-order valence-electron chi connectivity index (χ0n) is 13.3. The third-order valence-corrected chi connectivity index (χ3v) is 4.30. The van der Waals surface area contributed by atoms with Gasteiger partial charge in [0.1, 0.15) is 12.4 Å². The highest BCUT2D eigenvalue weighted by Gasteiger charge is 2.23. The minimum atomic E-state index is -0.317. The van der Waals surface area contributed by atoms with Crippen LogP contribution in [0.15, 0.2) is 47.4 Å². The van der Waals surface area contributed by atoms with Crippen LogP contribution < -0.4 is 14.8 Å². The molecule has 3 rings (SSSR count). The Morgan fingerprint density at radius 3 is 2.64 bits per heavy atom. The molecule has 2 N–H and O–H groups in total. The molecule has 0 saturated carbocycles. The third kappa shape index (κ3) is 4.00. The minimum Gasteiger partial charge on any atom is -0.493 e. The van der Waals surface area contributed by atoms with Crippen LogP contribution in [0.5, 0.6) is 11.5 Å². The Kier molecular flexibility index (Phi) is 5.04. The smallest absolute Gasteiger partial charge is 0.264 e. The fourth-order valence-electron chi connectivity index (χ4n) is 2.28. The summed E-state index contributed by atoms with van der Waals surface area (Å²) in [4.78, 5) is 12.2. The van der Waals surface area contributed by atoms with E-state index in [9.17, 15) is 9.18 Å². The Hall–Kier alpha value is -2.80. The normalized spacial score (nSPS) is 15.4. The van der Waals surface area contributed by atoms with E-state index in [1.54, 1.807) is 36.4 Å². The summed E-state index contributed by atoms with van der Waals surface area (Å²) < 4.78 is 24.2. The Labute approximate surface area is 148 Å². The SMILES string of the molecule is COc1cccc(/C=C2\SC(=N)NC2=O)c1OCc1ccc(F)cc1. The third-order valence-electron chi connectivity index (χ3n) is 3.48. The van der Waals surface area contributed by atoms with Gasteiger partial charge >= 0.3 is 0 Å². The Bertz CT molecular complexity index is 850. The van der Waals surface area contributed by atoms with Crippen molar-refractivity contribution in [2.24, 2.45) is 0 Å². The molecular weight excluding hydrogens is 343 g/mol. The van der Waals surface area contributed by atoms with E-state index in [0.29, 0.717) is 22.0 Å². The first-order chi connectivity index (χ1) is 12.1. The number of benzene rings is 2. The van der Waals surface area contributed by atoms with Crippen LogP contribution in [0.25, 0.3) is 6.08 Å². The van der Waals surface area contributed by atoms with Gasteiger partial charge in [0.2, 0.25) is 0 Å². The van der Waals surface area contributed by atoms with Gasteiger partial charge in [0, 0.05) is 5.56 Å². The molecule has 0 atom stereocenters. The van der Waals surface area contributed by atoms with Gasteiger partial charge in [0.25, 0.3) is 5.91 Å². The molecule has 0 unspecified atom stereocenters. The Morgan fingerprint density at radius 1 is 1.24 bits per heavy atom. The highest BCUT2D eigenvalue weighted by Crippen LogP contribution is 2.35. The summed E-state index contributed by atoms with van der Waals surface area (Å²) in [5.41, 5.74) is 1.47. The lowest BCUT2D eigenvalue weighted by Gasteiger charge is -2.13. The van der Waals surface area contributed by atoms with E-state index in [4.69, 9.17) is 14.9 Å². The Morgan fingerprint density at radius 2 is 2.00 bits per heavy atom. The first kappa shape index (κ1) is 17.0. The molecule has 7 heteroatoms. The van der Waals surface area contributed by atoms with Crippen LogP contribution in [0, 0.1) is 11.2 Å². The molecule has 1 heterocycles. The molecule has 0 radical (unpaired) electrons. The number of methoxy groups -OCH3 is 1. The van der Waals surface area contributed by atoms with Crippen LogP contribution in [0.1, 0.15) is 11.1 Å². The second kappa shape index (κ2) is 7.40. The molecule has 128 valence electrons. The summed E-state index contributed by atoms with van der Waals surface area (Å²) in [6.07, 6.45) is 1.66. The Balaban J connectivity index is 1.89. The average Bonchev–Trinajstić information content (AvgIpc) is 2.92. The molecule has 1 fully saturated rings. The van der Waals surface area contributed by atoms with Crippen molar-refractivity contribution in [1.29, 1.82) is 5.41 Å². The van der Waals surface area contributed by atoms with Crippen molar-refractivity contribution in [3.8, 4) is 11.5 Å². The standard InChI is InChI=1S/C18H15FN2O3S/c1-23-14-4-2-3-12(9-15-17(22)21-18(20)25-15)16(14)24-10-11-5-7-13(19)8-6-11/h2-9H,10H2,1H3,(H2,20,21,22)/b15-9-. The van der Waals surface area contributed by atoms with Crippen molar-refractivity contribution in [2.75, 3.05) is 7.11 Å². The number of carbonyl (C=O) groups excluding carboxylic acids is 1. The van der Waals surface area contributed by atoms with Crippen LogP contribution in [0.2, 0.25) is 0 Å². The number of hydrogen-bond acceptors (Lipinski definition) is 5. The summed E-state index contributed by atoms with van der Waals surface area (Å²) in [6, 6.07) is 11.4. The zero-order chi connectivity index (χ0) is 17.8. The van der Waals surface area contributed by atoms with Gasteiger partial charge in [-0.2, -0.15) is 0 Å². The van der Waals surface area contributed by atoms with Crippen molar-refractivity contribution in [1.82, 2.24) is 5.32 Å². The predicted molar refractivity (Wildman–Crippen MR) is 95.2 cm³/mol. The lowest BCUT2D eigenvalue weighted by Crippen LogP contribution is -2.18. The van der Waals surface area contributed by atoms with Crippen molar-refractivity contribution >= 4 is 28.9 Å².